The average molecular weight is 367 g/mol. The van der Waals surface area contributed by atoms with Gasteiger partial charge >= 0.3 is 0 Å². The smallest absolute Gasteiger partial charge is 0.244 e. The summed E-state index contributed by atoms with van der Waals surface area (Å²) < 4.78 is 13.1. The summed E-state index contributed by atoms with van der Waals surface area (Å²) in [7, 11) is 1.91. The maximum absolute atomic E-state index is 12.6. The molecule has 1 fully saturated rings. The van der Waals surface area contributed by atoms with Crippen molar-refractivity contribution in [2.24, 2.45) is 13.0 Å². The number of hydrogen-bond donors (Lipinski definition) is 1. The van der Waals surface area contributed by atoms with Crippen LogP contribution in [0.15, 0.2) is 24.3 Å². The summed E-state index contributed by atoms with van der Waals surface area (Å²) in [5, 5.41) is 7.55. The van der Waals surface area contributed by atoms with E-state index >= 15 is 0 Å². The number of rotatable bonds is 5. The van der Waals surface area contributed by atoms with Crippen LogP contribution in [-0.2, 0) is 11.8 Å². The van der Waals surface area contributed by atoms with Crippen LogP contribution in [0.4, 0.5) is 0 Å². The van der Waals surface area contributed by atoms with Gasteiger partial charge in [0.15, 0.2) is 11.5 Å². The van der Waals surface area contributed by atoms with Gasteiger partial charge in [-0.3, -0.25) is 9.48 Å². The van der Waals surface area contributed by atoms with E-state index < -0.39 is 0 Å². The summed E-state index contributed by atoms with van der Waals surface area (Å²) in [6.45, 7) is 5.09. The topological polar surface area (TPSA) is 65.4 Å². The molecule has 1 N–H and O–H groups in total. The van der Waals surface area contributed by atoms with E-state index in [0.717, 1.165) is 46.9 Å². The Hall–Kier alpha value is -2.76. The fraction of sp³-hybridized carbons (Fsp3) is 0.429. The van der Waals surface area contributed by atoms with Crippen molar-refractivity contribution >= 4 is 12.0 Å². The summed E-state index contributed by atoms with van der Waals surface area (Å²) >= 11 is 0. The van der Waals surface area contributed by atoms with Crippen LogP contribution < -0.4 is 14.8 Å². The Kier molecular flexibility index (Phi) is 4.64. The van der Waals surface area contributed by atoms with Gasteiger partial charge in [0.05, 0.1) is 11.7 Å². The van der Waals surface area contributed by atoms with Crippen LogP contribution in [0.5, 0.6) is 11.5 Å². The van der Waals surface area contributed by atoms with E-state index in [9.17, 15) is 4.79 Å². The highest BCUT2D eigenvalue weighted by Gasteiger charge is 2.33. The van der Waals surface area contributed by atoms with Gasteiger partial charge in [-0.25, -0.2) is 0 Å². The fourth-order valence-corrected chi connectivity index (χ4v) is 3.55. The number of aryl methyl sites for hydroxylation is 2. The Morgan fingerprint density at radius 3 is 2.67 bits per heavy atom. The molecule has 1 aliphatic carbocycles. The lowest BCUT2D eigenvalue weighted by molar-refractivity contribution is -0.117. The van der Waals surface area contributed by atoms with Gasteiger partial charge in [-0.05, 0) is 56.4 Å². The predicted octanol–water partition coefficient (Wildman–Crippen LogP) is 3.09. The third-order valence-electron chi connectivity index (χ3n) is 5.28. The lowest BCUT2D eigenvalue weighted by Gasteiger charge is -2.22. The minimum atomic E-state index is -0.0931. The predicted molar refractivity (Wildman–Crippen MR) is 103 cm³/mol. The lowest BCUT2D eigenvalue weighted by Crippen LogP contribution is -2.28. The standard InChI is InChI=1S/C21H25N3O3/c1-13-17(14(2)24(3)23-13)7-9-20(25)22-21(15-4-5-15)16-6-8-18-19(12-16)27-11-10-26-18/h6-9,12,15,21H,4-5,10-11H2,1-3H3,(H,22,25)/b9-7+/t21-/m1/s1. The van der Waals surface area contributed by atoms with Crippen molar-refractivity contribution < 1.29 is 14.3 Å². The molecular formula is C21H25N3O3. The van der Waals surface area contributed by atoms with Gasteiger partial charge in [0.1, 0.15) is 13.2 Å². The molecule has 0 saturated heterocycles. The molecule has 6 heteroatoms. The van der Waals surface area contributed by atoms with Crippen molar-refractivity contribution in [1.29, 1.82) is 0 Å². The van der Waals surface area contributed by atoms with Crippen LogP contribution in [0.2, 0.25) is 0 Å². The summed E-state index contributed by atoms with van der Waals surface area (Å²) in [6.07, 6.45) is 5.71. The molecule has 1 aliphatic heterocycles. The third-order valence-corrected chi connectivity index (χ3v) is 5.28. The van der Waals surface area contributed by atoms with Gasteiger partial charge in [-0.15, -0.1) is 0 Å². The highest BCUT2D eigenvalue weighted by atomic mass is 16.6. The Balaban J connectivity index is 1.50. The molecule has 2 aromatic rings. The van der Waals surface area contributed by atoms with Gasteiger partial charge in [0, 0.05) is 24.4 Å². The van der Waals surface area contributed by atoms with Gasteiger partial charge in [-0.2, -0.15) is 5.10 Å². The highest BCUT2D eigenvalue weighted by Crippen LogP contribution is 2.43. The molecule has 0 bridgehead atoms. The normalized spacial score (nSPS) is 17.1. The number of nitrogens with one attached hydrogen (secondary N) is 1. The van der Waals surface area contributed by atoms with Gasteiger partial charge in [0.2, 0.25) is 5.91 Å². The van der Waals surface area contributed by atoms with Crippen molar-refractivity contribution in [2.75, 3.05) is 13.2 Å². The van der Waals surface area contributed by atoms with Crippen molar-refractivity contribution in [3.8, 4) is 11.5 Å². The maximum atomic E-state index is 12.6. The van der Waals surface area contributed by atoms with Crippen LogP contribution in [-0.4, -0.2) is 28.9 Å². The van der Waals surface area contributed by atoms with E-state index in [1.54, 1.807) is 6.08 Å². The Bertz CT molecular complexity index is 896. The van der Waals surface area contributed by atoms with Crippen LogP contribution in [0.1, 0.15) is 41.4 Å². The minimum absolute atomic E-state index is 0.00549. The Morgan fingerprint density at radius 1 is 1.26 bits per heavy atom. The highest BCUT2D eigenvalue weighted by molar-refractivity contribution is 5.92. The number of fused-ring (bicyclic) bond motifs is 1. The van der Waals surface area contributed by atoms with Gasteiger partial charge in [-0.1, -0.05) is 6.07 Å². The zero-order valence-electron chi connectivity index (χ0n) is 16.0. The van der Waals surface area contributed by atoms with E-state index in [2.05, 4.69) is 10.4 Å². The molecule has 4 rings (SSSR count). The molecule has 2 heterocycles. The molecule has 1 atom stereocenters. The van der Waals surface area contributed by atoms with E-state index in [1.807, 2.05) is 49.9 Å². The number of nitrogens with zero attached hydrogens (tertiary/aromatic N) is 2. The second-order valence-corrected chi connectivity index (χ2v) is 7.27. The number of hydrogen-bond acceptors (Lipinski definition) is 4. The van der Waals surface area contributed by atoms with Crippen LogP contribution >= 0.6 is 0 Å². The second-order valence-electron chi connectivity index (χ2n) is 7.27. The average Bonchev–Trinajstić information content (AvgIpc) is 3.47. The molecule has 1 saturated carbocycles. The number of aromatic nitrogens is 2. The summed E-state index contributed by atoms with van der Waals surface area (Å²) in [4.78, 5) is 12.6. The van der Waals surface area contributed by atoms with E-state index in [1.165, 1.54) is 0 Å². The molecular weight excluding hydrogens is 342 g/mol. The van der Waals surface area contributed by atoms with Crippen molar-refractivity contribution in [2.45, 2.75) is 32.7 Å². The molecule has 142 valence electrons. The minimum Gasteiger partial charge on any atom is -0.486 e. The molecule has 27 heavy (non-hydrogen) atoms. The first kappa shape index (κ1) is 17.6. The Labute approximate surface area is 159 Å². The third kappa shape index (κ3) is 3.70. The number of benzene rings is 1. The molecule has 0 radical (unpaired) electrons. The number of ether oxygens (including phenoxy) is 2. The molecule has 1 amide bonds. The number of carbonyl (C=O) groups excluding carboxylic acids is 1. The first-order chi connectivity index (χ1) is 13.0. The van der Waals surface area contributed by atoms with Gasteiger partial charge < -0.3 is 14.8 Å². The monoisotopic (exact) mass is 367 g/mol. The van der Waals surface area contributed by atoms with E-state index in [4.69, 9.17) is 9.47 Å². The van der Waals surface area contributed by atoms with Crippen molar-refractivity contribution in [1.82, 2.24) is 15.1 Å². The summed E-state index contributed by atoms with van der Waals surface area (Å²) in [5.74, 6) is 1.92. The molecule has 0 spiro atoms. The molecule has 1 aromatic carbocycles. The quantitative estimate of drug-likeness (QED) is 0.825. The maximum Gasteiger partial charge on any atom is 0.244 e. The van der Waals surface area contributed by atoms with Crippen LogP contribution in [0, 0.1) is 19.8 Å². The van der Waals surface area contributed by atoms with Crippen LogP contribution in [0.25, 0.3) is 6.08 Å². The SMILES string of the molecule is Cc1nn(C)c(C)c1/C=C/C(=O)N[C@@H](c1ccc2c(c1)OCCO2)C1CC1. The summed E-state index contributed by atoms with van der Waals surface area (Å²) in [6, 6.07) is 5.95. The fourth-order valence-electron chi connectivity index (χ4n) is 3.55. The van der Waals surface area contributed by atoms with Gasteiger partial charge in [0.25, 0.3) is 0 Å². The zero-order chi connectivity index (χ0) is 19.0. The molecule has 0 unspecified atom stereocenters. The zero-order valence-corrected chi connectivity index (χ0v) is 16.0. The lowest BCUT2D eigenvalue weighted by atomic mass is 10.0. The molecule has 6 nitrogen and oxygen atoms in total. The number of carbonyl (C=O) groups is 1. The first-order valence-corrected chi connectivity index (χ1v) is 9.41. The molecule has 2 aliphatic rings. The van der Waals surface area contributed by atoms with Crippen molar-refractivity contribution in [3.05, 3.63) is 46.8 Å². The molecule has 1 aromatic heterocycles. The summed E-state index contributed by atoms with van der Waals surface area (Å²) in [5.41, 5.74) is 4.03. The first-order valence-electron chi connectivity index (χ1n) is 9.41. The van der Waals surface area contributed by atoms with E-state index in [0.29, 0.717) is 19.1 Å². The Morgan fingerprint density at radius 2 is 2.00 bits per heavy atom. The number of amides is 1. The largest absolute Gasteiger partial charge is 0.486 e. The van der Waals surface area contributed by atoms with Crippen LogP contribution in [0.3, 0.4) is 0 Å². The second kappa shape index (κ2) is 7.10. The van der Waals surface area contributed by atoms with Crippen molar-refractivity contribution in [3.63, 3.8) is 0 Å². The van der Waals surface area contributed by atoms with E-state index in [-0.39, 0.29) is 11.9 Å².